The summed E-state index contributed by atoms with van der Waals surface area (Å²) in [6, 6.07) is -13.1. The van der Waals surface area contributed by atoms with Crippen molar-refractivity contribution >= 4 is 99.8 Å². The number of carbonyl (C=O) groups is 15. The number of carbonyl (C=O) groups excluding carboxylic acids is 13. The van der Waals surface area contributed by atoms with Crippen LogP contribution in [0.5, 0.6) is 0 Å². The summed E-state index contributed by atoms with van der Waals surface area (Å²) in [5, 5.41) is 62.9. The average molecular weight is 1170 g/mol. The van der Waals surface area contributed by atoms with Crippen molar-refractivity contribution in [2.24, 2.45) is 11.8 Å². The molecule has 2 aliphatic rings. The van der Waals surface area contributed by atoms with Crippen LogP contribution in [0.15, 0.2) is 0 Å². The van der Waals surface area contributed by atoms with E-state index in [1.807, 2.05) is 0 Å². The second-order valence-corrected chi connectivity index (χ2v) is 20.6. The van der Waals surface area contributed by atoms with Gasteiger partial charge in [0.25, 0.3) is 0 Å². The quantitative estimate of drug-likeness (QED) is 0.0570. The number of aliphatic hydroxyl groups is 2. The van der Waals surface area contributed by atoms with Crippen molar-refractivity contribution in [3.63, 3.8) is 0 Å². The molecule has 0 radical (unpaired) electrons. The summed E-state index contributed by atoms with van der Waals surface area (Å²) in [4.78, 5) is 198. The molecule has 0 bridgehead atoms. The Bertz CT molecular complexity index is 2310. The third kappa shape index (κ3) is 24.4. The van der Waals surface area contributed by atoms with Gasteiger partial charge in [-0.1, -0.05) is 45.9 Å². The average Bonchev–Trinajstić information content (AvgIpc) is 3.93. The van der Waals surface area contributed by atoms with Gasteiger partial charge in [-0.3, -0.25) is 71.9 Å². The fourth-order valence-corrected chi connectivity index (χ4v) is 8.82. The van der Waals surface area contributed by atoms with E-state index in [1.54, 1.807) is 20.8 Å². The molecule has 2 rings (SSSR count). The summed E-state index contributed by atoms with van der Waals surface area (Å²) < 4.78 is 4.83. The molecule has 2 heterocycles. The lowest BCUT2D eigenvalue weighted by atomic mass is 9.95. The van der Waals surface area contributed by atoms with Crippen LogP contribution in [0.25, 0.3) is 0 Å². The molecule has 0 aromatic heterocycles. The Kier molecular flexibility index (Phi) is 30.3. The van der Waals surface area contributed by atoms with Crippen LogP contribution in [-0.4, -0.2) is 213 Å². The Morgan fingerprint density at radius 2 is 1.28 bits per heavy atom. The van der Waals surface area contributed by atoms with E-state index >= 15 is 0 Å². The lowest BCUT2D eigenvalue weighted by Crippen LogP contribution is -2.63. The highest BCUT2D eigenvalue weighted by Gasteiger charge is 2.41. The predicted octanol–water partition coefficient (Wildman–Crippen LogP) is -5.47. The summed E-state index contributed by atoms with van der Waals surface area (Å²) in [6.07, 6.45) is -5.07. The van der Waals surface area contributed by atoms with E-state index in [9.17, 15) is 92.3 Å². The number of carboxylic acids is 2. The van der Waals surface area contributed by atoms with Crippen molar-refractivity contribution in [3.05, 3.63) is 0 Å². The first-order valence-electron chi connectivity index (χ1n) is 26.4. The number of fused-ring (bicyclic) bond motifs is 1. The minimum Gasteiger partial charge on any atom is -0.481 e. The lowest BCUT2D eigenvalue weighted by molar-refractivity contribution is -0.146. The van der Waals surface area contributed by atoms with Crippen LogP contribution < -0.4 is 53.2 Å². The molecule has 2 fully saturated rings. The highest BCUT2D eigenvalue weighted by molar-refractivity contribution is 8.13. The third-order valence-corrected chi connectivity index (χ3v) is 13.7. The van der Waals surface area contributed by atoms with Gasteiger partial charge in [0.1, 0.15) is 48.3 Å². The Labute approximate surface area is 470 Å². The molecule has 0 unspecified atom stereocenters. The molecule has 0 aliphatic carbocycles. The number of hydrogen-bond acceptors (Lipinski definition) is 19. The maximum absolute atomic E-state index is 14.2. The number of esters is 1. The Balaban J connectivity index is 2.61. The van der Waals surface area contributed by atoms with Crippen molar-refractivity contribution in [3.8, 4) is 0 Å². The molecule has 32 heteroatoms. The SMILES string of the molecule is CCOC(=O)CCSC(=O)CCNC(=O)[C@@H]1CCC(=O)N[C@@H](CO)C(=O)NCC(=O)NCC(=O)N[C@@H](CC(=O)O)C(=O)N2CCC[C@H]2C(=O)N[C@@H](CCC(=O)O)C(=O)N[C@@H]([C@@H](C)CC)C(=O)N[C@@H](C(C)C)C(=O)N[C@@H]([C@@H](C)O)C(=O)N1. The molecule has 10 atom stereocenters. The summed E-state index contributed by atoms with van der Waals surface area (Å²) >= 11 is 0.798. The molecule has 0 saturated carbocycles. The number of nitrogens with zero attached hydrogens (tertiary/aromatic N) is 1. The van der Waals surface area contributed by atoms with Gasteiger partial charge in [0.05, 0.1) is 45.2 Å². The van der Waals surface area contributed by atoms with Gasteiger partial charge < -0.3 is 83.2 Å². The van der Waals surface area contributed by atoms with Gasteiger partial charge in [0.15, 0.2) is 5.12 Å². The Morgan fingerprint density at radius 3 is 1.89 bits per heavy atom. The number of ether oxygens (including phenoxy) is 1. The van der Waals surface area contributed by atoms with Crippen LogP contribution in [-0.2, 0) is 76.7 Å². The number of hydrogen-bond donors (Lipinski definition) is 14. The number of nitrogens with one attached hydrogen (secondary N) is 10. The number of carboxylic acid groups (broad SMARTS) is 2. The number of amides is 11. The first-order chi connectivity index (χ1) is 38.1. The number of aliphatic hydroxyl groups excluding tert-OH is 2. The highest BCUT2D eigenvalue weighted by atomic mass is 32.2. The van der Waals surface area contributed by atoms with E-state index in [2.05, 4.69) is 53.2 Å². The molecular formula is C49H77N11O20S. The normalized spacial score (nSPS) is 24.7. The van der Waals surface area contributed by atoms with Crippen molar-refractivity contribution in [1.29, 1.82) is 0 Å². The molecule has 0 aromatic carbocycles. The molecule has 0 spiro atoms. The Hall–Kier alpha value is -7.48. The van der Waals surface area contributed by atoms with Crippen LogP contribution >= 0.6 is 11.8 Å². The first-order valence-corrected chi connectivity index (χ1v) is 27.4. The second kappa shape index (κ2) is 35.3. The van der Waals surface area contributed by atoms with E-state index in [0.717, 1.165) is 23.6 Å². The lowest BCUT2D eigenvalue weighted by Gasteiger charge is -2.31. The standard InChI is InChI=1S/C49H77N11O20S/c1-7-25(5)40-47(77)57-39(24(3)4)46(76)59-41(26(6)62)48(78)56-27(42(72)50-17-15-38(71)81-19-16-37(70)80-8-2)11-13-32(63)54-30(23-61)43(73)52-21-33(64)51-22-34(65)53-29(20-36(68)69)49(79)60-18-9-10-31(60)45(75)55-28(44(74)58-40)12-14-35(66)67/h24-31,39-41,61-62H,7-23H2,1-6H3,(H,50,72)(H,51,64)(H,52,73)(H,53,65)(H,54,63)(H,55,75)(H,56,78)(H,57,77)(H,58,74)(H,59,76)(H,66,67)(H,68,69)/t25-,26+,27-,28-,29-,30-,31-,39-,40-,41-/m0/s1. The first kappa shape index (κ1) is 69.6. The zero-order valence-electron chi connectivity index (χ0n) is 46.0. The van der Waals surface area contributed by atoms with Crippen LogP contribution in [0.1, 0.15) is 106 Å². The van der Waals surface area contributed by atoms with E-state index in [1.165, 1.54) is 13.8 Å². The minimum absolute atomic E-state index is 0.0312. The summed E-state index contributed by atoms with van der Waals surface area (Å²) in [5.41, 5.74) is 0. The second-order valence-electron chi connectivity index (χ2n) is 19.4. The molecule has 11 amide bonds. The van der Waals surface area contributed by atoms with E-state index in [0.29, 0.717) is 0 Å². The zero-order valence-corrected chi connectivity index (χ0v) is 46.9. The van der Waals surface area contributed by atoms with Gasteiger partial charge in [0.2, 0.25) is 65.0 Å². The van der Waals surface area contributed by atoms with Crippen molar-refractivity contribution in [1.82, 2.24) is 58.1 Å². The fraction of sp³-hybridized carbons (Fsp3) is 0.694. The van der Waals surface area contributed by atoms with E-state index in [4.69, 9.17) is 4.74 Å². The van der Waals surface area contributed by atoms with Crippen LogP contribution in [0, 0.1) is 11.8 Å². The maximum atomic E-state index is 14.2. The van der Waals surface area contributed by atoms with Crippen LogP contribution in [0.4, 0.5) is 0 Å². The van der Waals surface area contributed by atoms with Crippen molar-refractivity contribution < 1.29 is 97.1 Å². The predicted molar refractivity (Wildman–Crippen MR) is 282 cm³/mol. The van der Waals surface area contributed by atoms with E-state index in [-0.39, 0.29) is 57.6 Å². The van der Waals surface area contributed by atoms with Gasteiger partial charge >= 0.3 is 17.9 Å². The fourth-order valence-electron chi connectivity index (χ4n) is 8.07. The van der Waals surface area contributed by atoms with Crippen LogP contribution in [0.2, 0.25) is 0 Å². The molecule has 14 N–H and O–H groups in total. The van der Waals surface area contributed by atoms with Gasteiger partial charge in [-0.2, -0.15) is 0 Å². The number of aliphatic carboxylic acids is 2. The molecule has 2 saturated heterocycles. The van der Waals surface area contributed by atoms with Gasteiger partial charge in [-0.05, 0) is 51.4 Å². The zero-order chi connectivity index (χ0) is 61.1. The molecule has 454 valence electrons. The van der Waals surface area contributed by atoms with Crippen LogP contribution in [0.3, 0.4) is 0 Å². The largest absolute Gasteiger partial charge is 0.481 e. The third-order valence-electron chi connectivity index (χ3n) is 12.7. The summed E-state index contributed by atoms with van der Waals surface area (Å²) in [7, 11) is 0. The molecule has 0 aromatic rings. The summed E-state index contributed by atoms with van der Waals surface area (Å²) in [5.74, 6) is -16.3. The summed E-state index contributed by atoms with van der Waals surface area (Å²) in [6.45, 7) is 5.93. The van der Waals surface area contributed by atoms with Gasteiger partial charge in [0, 0.05) is 38.1 Å². The highest BCUT2D eigenvalue weighted by Crippen LogP contribution is 2.21. The number of thioether (sulfide) groups is 1. The monoisotopic (exact) mass is 1170 g/mol. The molecular weight excluding hydrogens is 1090 g/mol. The maximum Gasteiger partial charge on any atom is 0.306 e. The topological polar surface area (TPSA) is 470 Å². The molecule has 31 nitrogen and oxygen atoms in total. The Morgan fingerprint density at radius 1 is 0.667 bits per heavy atom. The minimum atomic E-state index is -1.86. The van der Waals surface area contributed by atoms with E-state index < -0.39 is 206 Å². The van der Waals surface area contributed by atoms with Gasteiger partial charge in [-0.25, -0.2) is 0 Å². The van der Waals surface area contributed by atoms with Gasteiger partial charge in [-0.15, -0.1) is 0 Å². The van der Waals surface area contributed by atoms with Crippen molar-refractivity contribution in [2.75, 3.05) is 45.1 Å². The van der Waals surface area contributed by atoms with Crippen molar-refractivity contribution in [2.45, 2.75) is 160 Å². The smallest absolute Gasteiger partial charge is 0.306 e. The molecule has 81 heavy (non-hydrogen) atoms. The molecule has 2 aliphatic heterocycles. The number of rotatable bonds is 18.